The van der Waals surface area contributed by atoms with E-state index in [1.165, 1.54) is 7.11 Å². The van der Waals surface area contributed by atoms with Crippen LogP contribution in [0, 0.1) is 6.92 Å². The number of aromatic nitrogens is 2. The van der Waals surface area contributed by atoms with Gasteiger partial charge in [-0.05, 0) is 59.9 Å². The molecule has 4 atom stereocenters. The van der Waals surface area contributed by atoms with Crippen LogP contribution in [0.25, 0.3) is 0 Å². The van der Waals surface area contributed by atoms with E-state index in [1.54, 1.807) is 6.92 Å². The Hall–Kier alpha value is -2.69. The summed E-state index contributed by atoms with van der Waals surface area (Å²) in [6, 6.07) is 0.0694. The Kier molecular flexibility index (Phi) is 6.70. The van der Waals surface area contributed by atoms with E-state index in [0.29, 0.717) is 49.7 Å². The summed E-state index contributed by atoms with van der Waals surface area (Å²) >= 11 is 0. The second-order valence-corrected chi connectivity index (χ2v) is 11.8. The van der Waals surface area contributed by atoms with Gasteiger partial charge in [0.15, 0.2) is 5.82 Å². The average molecular weight is 520 g/mol. The molecule has 1 amide bonds. The first-order chi connectivity index (χ1) is 17.5. The fourth-order valence-corrected chi connectivity index (χ4v) is 6.50. The van der Waals surface area contributed by atoms with Crippen molar-refractivity contribution in [3.8, 4) is 6.01 Å². The summed E-state index contributed by atoms with van der Waals surface area (Å²) in [4.78, 5) is 40.9. The molecule has 11 heteroatoms. The van der Waals surface area contributed by atoms with Gasteiger partial charge in [-0.2, -0.15) is 9.97 Å². The van der Waals surface area contributed by atoms with Gasteiger partial charge in [0, 0.05) is 26.1 Å². The molecule has 0 spiro atoms. The second kappa shape index (κ2) is 9.56. The first-order valence-electron chi connectivity index (χ1n) is 13.2. The molecule has 5 heterocycles. The van der Waals surface area contributed by atoms with Gasteiger partial charge in [0.05, 0.1) is 30.4 Å². The van der Waals surface area contributed by atoms with Crippen molar-refractivity contribution in [2.45, 2.75) is 89.2 Å². The van der Waals surface area contributed by atoms with Crippen LogP contribution in [0.2, 0.25) is 0 Å². The number of methoxy groups -OCH3 is 1. The Morgan fingerprint density at radius 2 is 1.84 bits per heavy atom. The molecule has 4 saturated heterocycles. The summed E-state index contributed by atoms with van der Waals surface area (Å²) < 4.78 is 31.0. The van der Waals surface area contributed by atoms with Crippen molar-refractivity contribution in [1.29, 1.82) is 0 Å². The first kappa shape index (κ1) is 25.9. The molecule has 4 aliphatic heterocycles. The predicted octanol–water partition coefficient (Wildman–Crippen LogP) is 3.11. The number of esters is 1. The summed E-state index contributed by atoms with van der Waals surface area (Å²) in [5, 5.41) is 0. The molecule has 0 aliphatic carbocycles. The lowest BCUT2D eigenvalue weighted by molar-refractivity contribution is 0.0121. The van der Waals surface area contributed by atoms with Crippen LogP contribution in [0.1, 0.15) is 68.9 Å². The number of halogens is 1. The lowest BCUT2D eigenvalue weighted by atomic mass is 9.95. The highest BCUT2D eigenvalue weighted by Crippen LogP contribution is 2.41. The van der Waals surface area contributed by atoms with E-state index in [-0.39, 0.29) is 29.7 Å². The van der Waals surface area contributed by atoms with Crippen LogP contribution in [0.4, 0.5) is 15.0 Å². The molecule has 4 aliphatic rings. The van der Waals surface area contributed by atoms with Crippen molar-refractivity contribution >= 4 is 17.9 Å². The number of carbonyl (C=O) groups is 2. The van der Waals surface area contributed by atoms with Gasteiger partial charge in [-0.25, -0.2) is 14.0 Å². The number of hydrogen-bond acceptors (Lipinski definition) is 9. The molecular formula is C26H38FN5O5. The zero-order valence-corrected chi connectivity index (χ0v) is 22.5. The molecule has 204 valence electrons. The number of nitrogens with zero attached hydrogens (tertiary/aromatic N) is 5. The third kappa shape index (κ3) is 4.94. The normalized spacial score (nSPS) is 29.4. The van der Waals surface area contributed by atoms with Crippen molar-refractivity contribution < 1.29 is 28.2 Å². The van der Waals surface area contributed by atoms with Crippen LogP contribution < -0.4 is 9.64 Å². The number of rotatable bonds is 5. The summed E-state index contributed by atoms with van der Waals surface area (Å²) in [7, 11) is 1.33. The van der Waals surface area contributed by atoms with Gasteiger partial charge in [-0.1, -0.05) is 0 Å². The van der Waals surface area contributed by atoms with Gasteiger partial charge in [-0.3, -0.25) is 9.80 Å². The standard InChI is InChI=1S/C26H38FN5O5/c1-16-20(22(33)35-5)21(29-23(28-16)36-15-26-9-6-10-31(26)12-17(27)11-26)30-13-18-7-8-19(14-30)32(18)24(34)37-25(2,3)4/h17-19H,6-15H2,1-5H3/t17-,18?,19?,26+/m1/s1. The molecule has 4 fully saturated rings. The lowest BCUT2D eigenvalue weighted by Gasteiger charge is -2.42. The quantitative estimate of drug-likeness (QED) is 0.544. The second-order valence-electron chi connectivity index (χ2n) is 11.8. The topological polar surface area (TPSA) is 97.3 Å². The fraction of sp³-hybridized carbons (Fsp3) is 0.769. The molecule has 1 aromatic heterocycles. The molecule has 10 nitrogen and oxygen atoms in total. The molecule has 1 aromatic rings. The maximum absolute atomic E-state index is 14.2. The Morgan fingerprint density at radius 1 is 1.14 bits per heavy atom. The fourth-order valence-electron chi connectivity index (χ4n) is 6.50. The Bertz CT molecular complexity index is 1050. The minimum absolute atomic E-state index is 0.0513. The largest absolute Gasteiger partial charge is 0.465 e. The van der Waals surface area contributed by atoms with Crippen molar-refractivity contribution in [3.05, 3.63) is 11.3 Å². The maximum atomic E-state index is 14.2. The number of amides is 1. The third-order valence-corrected chi connectivity index (χ3v) is 8.06. The van der Waals surface area contributed by atoms with E-state index < -0.39 is 17.7 Å². The van der Waals surface area contributed by atoms with Crippen molar-refractivity contribution in [1.82, 2.24) is 19.8 Å². The smallest absolute Gasteiger partial charge is 0.410 e. The minimum atomic E-state index is -0.847. The first-order valence-corrected chi connectivity index (χ1v) is 13.2. The SMILES string of the molecule is COC(=O)c1c(C)nc(OC[C@@]23CCCN2C[C@H](F)C3)nc1N1CC2CCC(C1)N2C(=O)OC(C)(C)C. The predicted molar refractivity (Wildman–Crippen MR) is 134 cm³/mol. The van der Waals surface area contributed by atoms with E-state index in [2.05, 4.69) is 14.9 Å². The molecule has 0 N–H and O–H groups in total. The lowest BCUT2D eigenvalue weighted by Crippen LogP contribution is -2.57. The summed E-state index contributed by atoms with van der Waals surface area (Å²) in [5.74, 6) is -0.0664. The van der Waals surface area contributed by atoms with Crippen LogP contribution in [0.15, 0.2) is 0 Å². The molecule has 5 rings (SSSR count). The molecule has 2 bridgehead atoms. The number of piperazine rings is 1. The van der Waals surface area contributed by atoms with Crippen LogP contribution in [-0.4, -0.2) is 101 Å². The number of alkyl halides is 1. The van der Waals surface area contributed by atoms with Crippen LogP contribution in [0.3, 0.4) is 0 Å². The summed E-state index contributed by atoms with van der Waals surface area (Å²) in [6.45, 7) is 9.97. The minimum Gasteiger partial charge on any atom is -0.465 e. The molecule has 0 saturated carbocycles. The molecular weight excluding hydrogens is 481 g/mol. The highest BCUT2D eigenvalue weighted by Gasteiger charge is 2.50. The van der Waals surface area contributed by atoms with Gasteiger partial charge >= 0.3 is 18.1 Å². The van der Waals surface area contributed by atoms with Gasteiger partial charge < -0.3 is 19.1 Å². The summed E-state index contributed by atoms with van der Waals surface area (Å²) in [6.07, 6.45) is 2.91. The monoisotopic (exact) mass is 519 g/mol. The van der Waals surface area contributed by atoms with E-state index in [9.17, 15) is 14.0 Å². The number of hydrogen-bond donors (Lipinski definition) is 0. The van der Waals surface area contributed by atoms with E-state index >= 15 is 0 Å². The Morgan fingerprint density at radius 3 is 2.49 bits per heavy atom. The molecule has 0 aromatic carbocycles. The molecule has 37 heavy (non-hydrogen) atoms. The van der Waals surface area contributed by atoms with Crippen LogP contribution in [-0.2, 0) is 9.47 Å². The van der Waals surface area contributed by atoms with Gasteiger partial charge in [0.1, 0.15) is 23.9 Å². The van der Waals surface area contributed by atoms with Crippen molar-refractivity contribution in [2.24, 2.45) is 0 Å². The number of aryl methyl sites for hydroxylation is 1. The van der Waals surface area contributed by atoms with Crippen LogP contribution in [0.5, 0.6) is 6.01 Å². The van der Waals surface area contributed by atoms with E-state index in [4.69, 9.17) is 14.2 Å². The number of fused-ring (bicyclic) bond motifs is 3. The average Bonchev–Trinajstić information content (AvgIpc) is 3.43. The zero-order valence-electron chi connectivity index (χ0n) is 22.5. The third-order valence-electron chi connectivity index (χ3n) is 8.06. The van der Waals surface area contributed by atoms with Crippen LogP contribution >= 0.6 is 0 Å². The highest BCUT2D eigenvalue weighted by atomic mass is 19.1. The highest BCUT2D eigenvalue weighted by molar-refractivity contribution is 5.96. The number of anilines is 1. The van der Waals surface area contributed by atoms with Crippen molar-refractivity contribution in [3.63, 3.8) is 0 Å². The molecule has 2 unspecified atom stereocenters. The molecule has 0 radical (unpaired) electrons. The van der Waals surface area contributed by atoms with Gasteiger partial charge in [0.2, 0.25) is 0 Å². The summed E-state index contributed by atoms with van der Waals surface area (Å²) in [5.41, 5.74) is -0.136. The maximum Gasteiger partial charge on any atom is 0.410 e. The number of ether oxygens (including phenoxy) is 3. The Balaban J connectivity index is 1.39. The number of carbonyl (C=O) groups excluding carboxylic acids is 2. The van der Waals surface area contributed by atoms with Gasteiger partial charge in [-0.15, -0.1) is 0 Å². The zero-order chi connectivity index (χ0) is 26.5. The van der Waals surface area contributed by atoms with E-state index in [0.717, 1.165) is 32.2 Å². The van der Waals surface area contributed by atoms with Crippen molar-refractivity contribution in [2.75, 3.05) is 44.8 Å². The van der Waals surface area contributed by atoms with Gasteiger partial charge in [0.25, 0.3) is 0 Å². The Labute approximate surface area is 217 Å². The van der Waals surface area contributed by atoms with E-state index in [1.807, 2.05) is 30.6 Å².